The van der Waals surface area contributed by atoms with Crippen molar-refractivity contribution in [3.8, 4) is 0 Å². The van der Waals surface area contributed by atoms with E-state index in [9.17, 15) is 8.42 Å². The average molecular weight is 322 g/mol. The van der Waals surface area contributed by atoms with E-state index in [1.807, 2.05) is 25.1 Å². The van der Waals surface area contributed by atoms with E-state index in [4.69, 9.17) is 4.52 Å². The number of nitrogens with one attached hydrogen (secondary N) is 1. The fourth-order valence-corrected chi connectivity index (χ4v) is 3.71. The number of hydrogen-bond acceptors (Lipinski definition) is 4. The van der Waals surface area contributed by atoms with Gasteiger partial charge < -0.3 is 4.52 Å². The number of sulfonamides is 1. The zero-order valence-corrected chi connectivity index (χ0v) is 14.6. The second-order valence-electron chi connectivity index (χ2n) is 6.54. The van der Waals surface area contributed by atoms with E-state index in [0.29, 0.717) is 11.4 Å². The van der Waals surface area contributed by atoms with Crippen LogP contribution in [0.5, 0.6) is 0 Å². The Hall–Kier alpha value is -1.82. The largest absolute Gasteiger partial charge is 0.360 e. The molecule has 0 spiro atoms. The number of aromatic nitrogens is 1. The average Bonchev–Trinajstić information content (AvgIpc) is 2.70. The topological polar surface area (TPSA) is 72.2 Å². The highest BCUT2D eigenvalue weighted by molar-refractivity contribution is 7.92. The molecule has 0 unspecified atom stereocenters. The standard InChI is InChI=1S/C16H22N2O3S/c1-10-7-8-13(16(4,5)6)9-14(10)18-22(19,20)15-11(2)17-21-12(15)3/h7-9,18H,1-6H3. The van der Waals surface area contributed by atoms with Gasteiger partial charge in [0.25, 0.3) is 10.0 Å². The van der Waals surface area contributed by atoms with E-state index < -0.39 is 10.0 Å². The molecule has 2 aromatic rings. The number of hydrogen-bond donors (Lipinski definition) is 1. The third kappa shape index (κ3) is 3.16. The highest BCUT2D eigenvalue weighted by atomic mass is 32.2. The Bertz CT molecular complexity index is 780. The van der Waals surface area contributed by atoms with Crippen LogP contribution in [0.15, 0.2) is 27.6 Å². The molecule has 1 N–H and O–H groups in total. The molecular formula is C16H22N2O3S. The molecule has 0 fully saturated rings. The van der Waals surface area contributed by atoms with Crippen molar-refractivity contribution in [3.63, 3.8) is 0 Å². The summed E-state index contributed by atoms with van der Waals surface area (Å²) in [4.78, 5) is 0.105. The van der Waals surface area contributed by atoms with Crippen molar-refractivity contribution < 1.29 is 12.9 Å². The summed E-state index contributed by atoms with van der Waals surface area (Å²) in [6.45, 7) is 11.3. The molecule has 0 aliphatic carbocycles. The Balaban J connectivity index is 2.47. The Morgan fingerprint density at radius 3 is 2.27 bits per heavy atom. The molecule has 0 bridgehead atoms. The minimum atomic E-state index is -3.72. The summed E-state index contributed by atoms with van der Waals surface area (Å²) in [5.74, 6) is 0.287. The van der Waals surface area contributed by atoms with Gasteiger partial charge in [-0.25, -0.2) is 8.42 Å². The maximum atomic E-state index is 12.6. The van der Waals surface area contributed by atoms with Gasteiger partial charge in [-0.1, -0.05) is 38.1 Å². The van der Waals surface area contributed by atoms with E-state index in [0.717, 1.165) is 11.1 Å². The summed E-state index contributed by atoms with van der Waals surface area (Å²) < 4.78 is 32.8. The Morgan fingerprint density at radius 2 is 1.77 bits per heavy atom. The molecule has 2 rings (SSSR count). The summed E-state index contributed by atoms with van der Waals surface area (Å²) >= 11 is 0. The first-order chi connectivity index (χ1) is 10.0. The van der Waals surface area contributed by atoms with Crippen molar-refractivity contribution in [2.45, 2.75) is 51.9 Å². The van der Waals surface area contributed by atoms with E-state index in [-0.39, 0.29) is 16.1 Å². The van der Waals surface area contributed by atoms with Gasteiger partial charge in [0.2, 0.25) is 0 Å². The molecule has 0 saturated carbocycles. The Morgan fingerprint density at radius 1 is 1.14 bits per heavy atom. The molecule has 0 saturated heterocycles. The fourth-order valence-electron chi connectivity index (χ4n) is 2.25. The molecule has 1 aromatic heterocycles. The Labute approximate surface area is 131 Å². The molecule has 120 valence electrons. The normalized spacial score (nSPS) is 12.5. The summed E-state index contributed by atoms with van der Waals surface area (Å²) in [7, 11) is -3.72. The van der Waals surface area contributed by atoms with E-state index >= 15 is 0 Å². The first kappa shape index (κ1) is 16.5. The van der Waals surface area contributed by atoms with Crippen LogP contribution in [0.4, 0.5) is 5.69 Å². The van der Waals surface area contributed by atoms with Gasteiger partial charge in [-0.3, -0.25) is 4.72 Å². The van der Waals surface area contributed by atoms with Gasteiger partial charge in [0.05, 0.1) is 5.69 Å². The monoisotopic (exact) mass is 322 g/mol. The smallest absolute Gasteiger partial charge is 0.267 e. The number of aryl methyl sites for hydroxylation is 3. The van der Waals surface area contributed by atoms with Crippen LogP contribution in [0.25, 0.3) is 0 Å². The lowest BCUT2D eigenvalue weighted by molar-refractivity contribution is 0.390. The van der Waals surface area contributed by atoms with Crippen LogP contribution in [-0.2, 0) is 15.4 Å². The molecule has 5 nitrogen and oxygen atoms in total. The predicted molar refractivity (Wildman–Crippen MR) is 86.7 cm³/mol. The summed E-state index contributed by atoms with van der Waals surface area (Å²) in [6, 6.07) is 5.82. The number of benzene rings is 1. The van der Waals surface area contributed by atoms with Gasteiger partial charge in [0.15, 0.2) is 10.7 Å². The molecule has 0 aliphatic rings. The molecule has 0 amide bonds. The van der Waals surface area contributed by atoms with Crippen molar-refractivity contribution in [1.82, 2.24) is 5.16 Å². The molecule has 0 atom stereocenters. The van der Waals surface area contributed by atoms with Gasteiger partial charge in [-0.05, 0) is 43.4 Å². The molecular weight excluding hydrogens is 300 g/mol. The first-order valence-electron chi connectivity index (χ1n) is 7.09. The van der Waals surface area contributed by atoms with Crippen LogP contribution in [0.3, 0.4) is 0 Å². The van der Waals surface area contributed by atoms with Crippen molar-refractivity contribution in [2.75, 3.05) is 4.72 Å². The number of anilines is 1. The van der Waals surface area contributed by atoms with Crippen LogP contribution in [0.2, 0.25) is 0 Å². The second kappa shape index (κ2) is 5.43. The van der Waals surface area contributed by atoms with Crippen LogP contribution in [0.1, 0.15) is 43.4 Å². The van der Waals surface area contributed by atoms with Gasteiger partial charge in [-0.15, -0.1) is 0 Å². The Kier molecular flexibility index (Phi) is 4.08. The van der Waals surface area contributed by atoms with E-state index in [1.165, 1.54) is 0 Å². The minimum absolute atomic E-state index is 0.0586. The summed E-state index contributed by atoms with van der Waals surface area (Å²) in [5.41, 5.74) is 2.80. The van der Waals surface area contributed by atoms with Crippen molar-refractivity contribution in [2.24, 2.45) is 0 Å². The maximum Gasteiger partial charge on any atom is 0.267 e. The van der Waals surface area contributed by atoms with Crippen molar-refractivity contribution in [3.05, 3.63) is 40.8 Å². The lowest BCUT2D eigenvalue weighted by Gasteiger charge is -2.21. The SMILES string of the molecule is Cc1ccc(C(C)(C)C)cc1NS(=O)(=O)c1c(C)noc1C. The molecule has 1 aromatic carbocycles. The second-order valence-corrected chi connectivity index (χ2v) is 8.16. The summed E-state index contributed by atoms with van der Waals surface area (Å²) in [5, 5.41) is 3.71. The summed E-state index contributed by atoms with van der Waals surface area (Å²) in [6.07, 6.45) is 0. The van der Waals surface area contributed by atoms with Crippen LogP contribution in [0, 0.1) is 20.8 Å². The predicted octanol–water partition coefficient (Wildman–Crippen LogP) is 3.70. The van der Waals surface area contributed by atoms with Gasteiger partial charge >= 0.3 is 0 Å². The quantitative estimate of drug-likeness (QED) is 0.935. The van der Waals surface area contributed by atoms with Crippen molar-refractivity contribution >= 4 is 15.7 Å². The highest BCUT2D eigenvalue weighted by Crippen LogP contribution is 2.29. The van der Waals surface area contributed by atoms with Gasteiger partial charge in [0.1, 0.15) is 5.69 Å². The molecule has 22 heavy (non-hydrogen) atoms. The first-order valence-corrected chi connectivity index (χ1v) is 8.57. The van der Waals surface area contributed by atoms with E-state index in [1.54, 1.807) is 13.8 Å². The number of nitrogens with zero attached hydrogens (tertiary/aromatic N) is 1. The van der Waals surface area contributed by atoms with Crippen molar-refractivity contribution in [1.29, 1.82) is 0 Å². The zero-order chi connectivity index (χ0) is 16.7. The maximum absolute atomic E-state index is 12.6. The zero-order valence-electron chi connectivity index (χ0n) is 13.8. The van der Waals surface area contributed by atoms with Gasteiger partial charge in [-0.2, -0.15) is 0 Å². The van der Waals surface area contributed by atoms with Crippen LogP contribution < -0.4 is 4.72 Å². The third-order valence-electron chi connectivity index (χ3n) is 3.58. The minimum Gasteiger partial charge on any atom is -0.360 e. The highest BCUT2D eigenvalue weighted by Gasteiger charge is 2.25. The molecule has 0 radical (unpaired) electrons. The fraction of sp³-hybridized carbons (Fsp3) is 0.438. The van der Waals surface area contributed by atoms with E-state index in [2.05, 4.69) is 30.6 Å². The van der Waals surface area contributed by atoms with Gasteiger partial charge in [0, 0.05) is 0 Å². The van der Waals surface area contributed by atoms with Crippen LogP contribution in [-0.4, -0.2) is 13.6 Å². The van der Waals surface area contributed by atoms with Crippen LogP contribution >= 0.6 is 0 Å². The molecule has 1 heterocycles. The number of rotatable bonds is 3. The molecule has 0 aliphatic heterocycles. The molecule has 6 heteroatoms. The third-order valence-corrected chi connectivity index (χ3v) is 5.19. The lowest BCUT2D eigenvalue weighted by Crippen LogP contribution is -2.17. The lowest BCUT2D eigenvalue weighted by atomic mass is 9.86.